The third-order valence-corrected chi connectivity index (χ3v) is 2.96. The molecule has 0 aliphatic rings. The van der Waals surface area contributed by atoms with Crippen molar-refractivity contribution in [2.75, 3.05) is 0 Å². The van der Waals surface area contributed by atoms with E-state index in [0.717, 1.165) is 0 Å². The molecule has 0 radical (unpaired) electrons. The second-order valence-electron chi connectivity index (χ2n) is 4.54. The van der Waals surface area contributed by atoms with E-state index in [1.807, 2.05) is 0 Å². The van der Waals surface area contributed by atoms with E-state index < -0.39 is 0 Å². The zero-order chi connectivity index (χ0) is 10.5. The topological polar surface area (TPSA) is 0 Å². The third kappa shape index (κ3) is 17.3. The summed E-state index contributed by atoms with van der Waals surface area (Å²) in [6, 6.07) is 0. The third-order valence-electron chi connectivity index (χ3n) is 2.96. The Morgan fingerprint density at radius 3 is 0.800 bits per heavy atom. The highest BCUT2D eigenvalue weighted by Crippen LogP contribution is 2.11. The summed E-state index contributed by atoms with van der Waals surface area (Å²) in [5, 5.41) is 0. The molecule has 0 atom stereocenters. The van der Waals surface area contributed by atoms with Gasteiger partial charge in [-0.3, -0.25) is 0 Å². The molecule has 94 valence electrons. The minimum absolute atomic E-state index is 0. The molecule has 0 spiro atoms. The molecule has 15 heavy (non-hydrogen) atoms. The van der Waals surface area contributed by atoms with E-state index in [1.54, 1.807) is 0 Å². The Labute approximate surface area is 115 Å². The van der Waals surface area contributed by atoms with Gasteiger partial charge < -0.3 is 0 Å². The number of unbranched alkanes of at least 4 members (excludes halogenated alkanes) is 11. The molecule has 0 heterocycles. The Hall–Kier alpha value is 0.730. The van der Waals surface area contributed by atoms with Crippen molar-refractivity contribution in [1.29, 1.82) is 0 Å². The summed E-state index contributed by atoms with van der Waals surface area (Å²) in [5.74, 6) is 0. The van der Waals surface area contributed by atoms with Crippen LogP contribution in [0, 0.1) is 0 Å². The molecule has 0 nitrogen and oxygen atoms in total. The molecule has 0 fully saturated rings. The molecular formula is C14H31I. The lowest BCUT2D eigenvalue weighted by Crippen LogP contribution is -1.81. The van der Waals surface area contributed by atoms with Crippen LogP contribution in [0.15, 0.2) is 0 Å². The molecule has 0 saturated heterocycles. The maximum absolute atomic E-state index is 2.29. The standard InChI is InChI=1S/C14H30.HI/c1-3-5-7-9-11-13-14-12-10-8-6-4-2;/h3-14H2,1-2H3;1H. The Bertz CT molecular complexity index is 79.3. The van der Waals surface area contributed by atoms with Crippen LogP contribution >= 0.6 is 24.0 Å². The van der Waals surface area contributed by atoms with Crippen LogP contribution in [0.25, 0.3) is 0 Å². The number of halogens is 1. The Balaban J connectivity index is 0. The number of hydrogen-bond donors (Lipinski definition) is 0. The van der Waals surface area contributed by atoms with Gasteiger partial charge in [-0.05, 0) is 0 Å². The van der Waals surface area contributed by atoms with E-state index >= 15 is 0 Å². The van der Waals surface area contributed by atoms with E-state index in [4.69, 9.17) is 0 Å². The minimum atomic E-state index is 0. The predicted molar refractivity (Wildman–Crippen MR) is 82.2 cm³/mol. The highest BCUT2D eigenvalue weighted by Gasteiger charge is 1.91. The van der Waals surface area contributed by atoms with Gasteiger partial charge in [0.25, 0.3) is 0 Å². The summed E-state index contributed by atoms with van der Waals surface area (Å²) in [4.78, 5) is 0. The van der Waals surface area contributed by atoms with E-state index in [-0.39, 0.29) is 24.0 Å². The van der Waals surface area contributed by atoms with Crippen LogP contribution in [0.1, 0.15) is 90.9 Å². The van der Waals surface area contributed by atoms with Crippen molar-refractivity contribution >= 4 is 24.0 Å². The van der Waals surface area contributed by atoms with E-state index in [0.29, 0.717) is 0 Å². The van der Waals surface area contributed by atoms with Crippen LogP contribution in [-0.2, 0) is 0 Å². The molecule has 0 amide bonds. The number of hydrogen-bond acceptors (Lipinski definition) is 0. The van der Waals surface area contributed by atoms with Crippen molar-refractivity contribution in [3.63, 3.8) is 0 Å². The molecule has 0 aromatic rings. The molecule has 0 aliphatic carbocycles. The highest BCUT2D eigenvalue weighted by molar-refractivity contribution is 14.0. The molecule has 0 bridgehead atoms. The van der Waals surface area contributed by atoms with Crippen molar-refractivity contribution in [2.24, 2.45) is 0 Å². The first-order valence-electron chi connectivity index (χ1n) is 6.91. The second-order valence-corrected chi connectivity index (χ2v) is 4.54. The molecular weight excluding hydrogens is 295 g/mol. The van der Waals surface area contributed by atoms with Gasteiger partial charge >= 0.3 is 0 Å². The molecule has 0 aromatic heterocycles. The molecule has 0 aliphatic heterocycles. The van der Waals surface area contributed by atoms with Crippen molar-refractivity contribution < 1.29 is 0 Å². The summed E-state index contributed by atoms with van der Waals surface area (Å²) in [7, 11) is 0. The van der Waals surface area contributed by atoms with Gasteiger partial charge in [0.1, 0.15) is 0 Å². The molecule has 0 N–H and O–H groups in total. The van der Waals surface area contributed by atoms with Crippen molar-refractivity contribution in [3.8, 4) is 0 Å². The lowest BCUT2D eigenvalue weighted by molar-refractivity contribution is 0.548. The fourth-order valence-corrected chi connectivity index (χ4v) is 1.91. The van der Waals surface area contributed by atoms with E-state index in [1.165, 1.54) is 77.0 Å². The van der Waals surface area contributed by atoms with Gasteiger partial charge in [0.05, 0.1) is 0 Å². The van der Waals surface area contributed by atoms with E-state index in [9.17, 15) is 0 Å². The predicted octanol–water partition coefficient (Wildman–Crippen LogP) is 6.33. The van der Waals surface area contributed by atoms with Gasteiger partial charge in [0.2, 0.25) is 0 Å². The summed E-state index contributed by atoms with van der Waals surface area (Å²) in [6.07, 6.45) is 17.4. The summed E-state index contributed by atoms with van der Waals surface area (Å²) >= 11 is 0. The molecule has 0 rings (SSSR count). The second kappa shape index (κ2) is 17.1. The number of rotatable bonds is 11. The van der Waals surface area contributed by atoms with E-state index in [2.05, 4.69) is 13.8 Å². The van der Waals surface area contributed by atoms with Crippen LogP contribution < -0.4 is 0 Å². The first-order valence-corrected chi connectivity index (χ1v) is 6.91. The van der Waals surface area contributed by atoms with Gasteiger partial charge in [-0.15, -0.1) is 24.0 Å². The summed E-state index contributed by atoms with van der Waals surface area (Å²) < 4.78 is 0. The normalized spacial score (nSPS) is 10.0. The smallest absolute Gasteiger partial charge is 0.0533 e. The van der Waals surface area contributed by atoms with Gasteiger partial charge in [-0.25, -0.2) is 0 Å². The average molecular weight is 326 g/mol. The first kappa shape index (κ1) is 18.1. The van der Waals surface area contributed by atoms with Crippen LogP contribution in [0.4, 0.5) is 0 Å². The fraction of sp³-hybridized carbons (Fsp3) is 1.00. The van der Waals surface area contributed by atoms with Gasteiger partial charge in [0.15, 0.2) is 0 Å². The monoisotopic (exact) mass is 326 g/mol. The zero-order valence-electron chi connectivity index (χ0n) is 10.9. The van der Waals surface area contributed by atoms with Crippen LogP contribution in [-0.4, -0.2) is 0 Å². The van der Waals surface area contributed by atoms with Gasteiger partial charge in [-0.1, -0.05) is 90.9 Å². The Morgan fingerprint density at radius 1 is 0.400 bits per heavy atom. The lowest BCUT2D eigenvalue weighted by Gasteiger charge is -2.01. The van der Waals surface area contributed by atoms with Gasteiger partial charge in [-0.2, -0.15) is 0 Å². The van der Waals surface area contributed by atoms with Crippen LogP contribution in [0.5, 0.6) is 0 Å². The first-order chi connectivity index (χ1) is 6.91. The zero-order valence-corrected chi connectivity index (χ0v) is 13.2. The molecule has 0 aromatic carbocycles. The summed E-state index contributed by atoms with van der Waals surface area (Å²) in [6.45, 7) is 4.57. The van der Waals surface area contributed by atoms with Crippen LogP contribution in [0.3, 0.4) is 0 Å². The maximum atomic E-state index is 2.29. The summed E-state index contributed by atoms with van der Waals surface area (Å²) in [5.41, 5.74) is 0. The minimum Gasteiger partial charge on any atom is -0.107 e. The quantitative estimate of drug-likeness (QED) is 0.308. The maximum Gasteiger partial charge on any atom is -0.0533 e. The fourth-order valence-electron chi connectivity index (χ4n) is 1.91. The molecule has 0 saturated carbocycles. The van der Waals surface area contributed by atoms with Crippen molar-refractivity contribution in [1.82, 2.24) is 0 Å². The lowest BCUT2D eigenvalue weighted by atomic mass is 10.1. The largest absolute Gasteiger partial charge is 0.107 e. The average Bonchev–Trinajstić information content (AvgIpc) is 2.21. The van der Waals surface area contributed by atoms with Crippen LogP contribution in [0.2, 0.25) is 0 Å². The molecule has 1 heteroatoms. The highest BCUT2D eigenvalue weighted by atomic mass is 127. The molecule has 0 unspecified atom stereocenters. The van der Waals surface area contributed by atoms with Crippen molar-refractivity contribution in [3.05, 3.63) is 0 Å². The van der Waals surface area contributed by atoms with Gasteiger partial charge in [0, 0.05) is 0 Å². The van der Waals surface area contributed by atoms with Crippen molar-refractivity contribution in [2.45, 2.75) is 90.9 Å². The Morgan fingerprint density at radius 2 is 0.600 bits per heavy atom. The Kier molecular flexibility index (Phi) is 20.7. The SMILES string of the molecule is CCCCCCCCCCCCCC.I.